The Balaban J connectivity index is 0.00000289. The zero-order chi connectivity index (χ0) is 21.8. The van der Waals surface area contributed by atoms with Crippen molar-refractivity contribution in [1.29, 1.82) is 0 Å². The maximum Gasteiger partial charge on any atom is 0.120 e. The summed E-state index contributed by atoms with van der Waals surface area (Å²) in [4.78, 5) is 3.35. The van der Waals surface area contributed by atoms with E-state index in [9.17, 15) is 5.11 Å². The van der Waals surface area contributed by atoms with E-state index in [2.05, 4.69) is 68.4 Å². The first-order valence-electron chi connectivity index (χ1n) is 10.7. The summed E-state index contributed by atoms with van der Waals surface area (Å²) in [6.45, 7) is 3.77. The molecule has 32 heavy (non-hydrogen) atoms. The summed E-state index contributed by atoms with van der Waals surface area (Å²) in [5, 5.41) is 9.85. The number of hydrogen-bond donors (Lipinski definition) is 1. The fourth-order valence-electron chi connectivity index (χ4n) is 3.98. The minimum atomic E-state index is 0. The summed E-state index contributed by atoms with van der Waals surface area (Å²) in [5.41, 5.74) is 7.58. The Hall–Kier alpha value is -2.73. The Morgan fingerprint density at radius 1 is 0.969 bits per heavy atom. The molecule has 0 spiro atoms. The molecule has 0 amide bonds. The van der Waals surface area contributed by atoms with Gasteiger partial charge >= 0.3 is 0 Å². The quantitative estimate of drug-likeness (QED) is 0.541. The largest absolute Gasteiger partial charge is 0.508 e. The summed E-state index contributed by atoms with van der Waals surface area (Å²) in [6, 6.07) is 22.7. The molecule has 0 atom stereocenters. The number of likely N-dealkylation sites (N-methyl/N-ethyl adjacent to an activating group) is 1. The minimum Gasteiger partial charge on any atom is -0.508 e. The van der Waals surface area contributed by atoms with Crippen LogP contribution in [-0.4, -0.2) is 42.7 Å². The second-order valence-corrected chi connectivity index (χ2v) is 9.03. The highest BCUT2D eigenvalue weighted by Crippen LogP contribution is 2.44. The van der Waals surface area contributed by atoms with Gasteiger partial charge in [-0.3, -0.25) is 0 Å². The molecule has 4 rings (SSSR count). The Bertz CT molecular complexity index is 1090. The van der Waals surface area contributed by atoms with E-state index in [1.165, 1.54) is 32.7 Å². The van der Waals surface area contributed by atoms with Gasteiger partial charge in [0.2, 0.25) is 0 Å². The van der Waals surface area contributed by atoms with Crippen molar-refractivity contribution >= 4 is 22.9 Å². The number of hydrogen-bond acceptors (Lipinski definition) is 4. The van der Waals surface area contributed by atoms with Gasteiger partial charge in [-0.05, 0) is 84.2 Å². The molecule has 0 fully saturated rings. The molecule has 0 saturated heterocycles. The number of rotatable bonds is 6. The van der Waals surface area contributed by atoms with E-state index in [1.54, 1.807) is 12.1 Å². The van der Waals surface area contributed by atoms with E-state index in [-0.39, 0.29) is 11.2 Å². The van der Waals surface area contributed by atoms with Crippen LogP contribution in [0.25, 0.3) is 11.1 Å². The Morgan fingerprint density at radius 2 is 1.72 bits per heavy atom. The van der Waals surface area contributed by atoms with E-state index in [4.69, 9.17) is 4.74 Å². The van der Waals surface area contributed by atoms with Crippen molar-refractivity contribution in [2.75, 3.05) is 27.2 Å². The smallest absolute Gasteiger partial charge is 0.120 e. The third-order valence-electron chi connectivity index (χ3n) is 5.57. The van der Waals surface area contributed by atoms with Gasteiger partial charge in [0.05, 0.1) is 0 Å². The number of fused-ring (bicyclic) bond motifs is 2. The van der Waals surface area contributed by atoms with Gasteiger partial charge in [-0.2, -0.15) is 0 Å². The third kappa shape index (κ3) is 5.18. The van der Waals surface area contributed by atoms with Gasteiger partial charge in [-0.25, -0.2) is 0 Å². The van der Waals surface area contributed by atoms with Gasteiger partial charge < -0.3 is 20.2 Å². The molecule has 168 valence electrons. The van der Waals surface area contributed by atoms with Crippen LogP contribution >= 0.6 is 11.8 Å². The lowest BCUT2D eigenvalue weighted by molar-refractivity contribution is 0.261. The molecule has 0 unspecified atom stereocenters. The SMILES string of the molecule is CC/C1=C(\c2ccc(O)cc2)c2ccc(OCCN(C)C)cc2SCc2ccccc21.O. The first kappa shape index (κ1) is 23.9. The monoisotopic (exact) mass is 449 g/mol. The van der Waals surface area contributed by atoms with Crippen molar-refractivity contribution in [1.82, 2.24) is 4.90 Å². The number of benzene rings is 3. The van der Waals surface area contributed by atoms with Crippen molar-refractivity contribution in [2.45, 2.75) is 24.0 Å². The number of aromatic hydroxyl groups is 1. The maximum absolute atomic E-state index is 9.85. The van der Waals surface area contributed by atoms with Gasteiger partial charge in [0, 0.05) is 17.2 Å². The summed E-state index contributed by atoms with van der Waals surface area (Å²) >= 11 is 1.86. The lowest BCUT2D eigenvalue weighted by Crippen LogP contribution is -2.19. The molecule has 1 heterocycles. The average molecular weight is 450 g/mol. The van der Waals surface area contributed by atoms with E-state index in [0.717, 1.165) is 30.0 Å². The van der Waals surface area contributed by atoms with E-state index in [0.29, 0.717) is 6.61 Å². The fraction of sp³-hybridized carbons (Fsp3) is 0.259. The van der Waals surface area contributed by atoms with Crippen molar-refractivity contribution in [2.24, 2.45) is 0 Å². The molecule has 5 heteroatoms. The summed E-state index contributed by atoms with van der Waals surface area (Å²) in [7, 11) is 4.11. The van der Waals surface area contributed by atoms with Crippen LogP contribution in [0.2, 0.25) is 0 Å². The molecule has 0 bridgehead atoms. The number of allylic oxidation sites excluding steroid dienone is 1. The number of phenolic OH excluding ortho intramolecular Hbond substituents is 1. The molecule has 3 aromatic carbocycles. The molecule has 0 aliphatic carbocycles. The summed E-state index contributed by atoms with van der Waals surface area (Å²) in [5.74, 6) is 2.12. The number of phenols is 1. The highest BCUT2D eigenvalue weighted by atomic mass is 32.2. The molecule has 1 aliphatic rings. The highest BCUT2D eigenvalue weighted by Gasteiger charge is 2.21. The van der Waals surface area contributed by atoms with Crippen molar-refractivity contribution < 1.29 is 15.3 Å². The molecule has 3 N–H and O–H groups in total. The molecular weight excluding hydrogens is 418 g/mol. The Labute approximate surface area is 194 Å². The van der Waals surface area contributed by atoms with Crippen LogP contribution in [-0.2, 0) is 5.75 Å². The topological polar surface area (TPSA) is 64.2 Å². The van der Waals surface area contributed by atoms with Gasteiger partial charge in [-0.15, -0.1) is 11.8 Å². The molecule has 1 aliphatic heterocycles. The average Bonchev–Trinajstić information content (AvgIpc) is 2.76. The van der Waals surface area contributed by atoms with Crippen LogP contribution in [0.1, 0.15) is 35.6 Å². The van der Waals surface area contributed by atoms with E-state index >= 15 is 0 Å². The summed E-state index contributed by atoms with van der Waals surface area (Å²) < 4.78 is 6.03. The zero-order valence-electron chi connectivity index (χ0n) is 18.9. The molecule has 0 radical (unpaired) electrons. The van der Waals surface area contributed by atoms with Crippen LogP contribution in [0.4, 0.5) is 0 Å². The maximum atomic E-state index is 9.85. The predicted octanol–water partition coefficient (Wildman–Crippen LogP) is 5.48. The molecule has 4 nitrogen and oxygen atoms in total. The second kappa shape index (κ2) is 10.7. The standard InChI is InChI=1S/C27H29NO2S.H2O/c1-4-23-24-8-6-5-7-20(24)18-31-26-17-22(30-16-15-28(2)3)13-14-25(26)27(23)19-9-11-21(29)12-10-19;/h5-14,17,29H,4,15-16,18H2,1-3H3;1H2/b27-23-;. The Kier molecular flexibility index (Phi) is 8.02. The number of thioether (sulfide) groups is 1. The van der Waals surface area contributed by atoms with Gasteiger partial charge in [0.15, 0.2) is 0 Å². The van der Waals surface area contributed by atoms with Crippen LogP contribution in [0.3, 0.4) is 0 Å². The van der Waals surface area contributed by atoms with Gasteiger partial charge in [-0.1, -0.05) is 43.3 Å². The van der Waals surface area contributed by atoms with Crippen LogP contribution < -0.4 is 4.74 Å². The third-order valence-corrected chi connectivity index (χ3v) is 6.67. The molecule has 0 saturated carbocycles. The van der Waals surface area contributed by atoms with Crippen LogP contribution in [0.15, 0.2) is 71.6 Å². The minimum absolute atomic E-state index is 0. The first-order chi connectivity index (χ1) is 15.1. The lowest BCUT2D eigenvalue weighted by Gasteiger charge is -2.24. The molecular formula is C27H31NO3S. The number of ether oxygens (including phenoxy) is 1. The molecule has 3 aromatic rings. The normalized spacial score (nSPS) is 15.2. The fourth-order valence-corrected chi connectivity index (χ4v) is 5.07. The van der Waals surface area contributed by atoms with Crippen LogP contribution in [0, 0.1) is 0 Å². The van der Waals surface area contributed by atoms with Crippen LogP contribution in [0.5, 0.6) is 11.5 Å². The first-order valence-corrected chi connectivity index (χ1v) is 11.7. The highest BCUT2D eigenvalue weighted by molar-refractivity contribution is 7.98. The summed E-state index contributed by atoms with van der Waals surface area (Å²) in [6.07, 6.45) is 0.929. The van der Waals surface area contributed by atoms with E-state index < -0.39 is 0 Å². The lowest BCUT2D eigenvalue weighted by atomic mass is 9.86. The van der Waals surface area contributed by atoms with Crippen molar-refractivity contribution in [3.63, 3.8) is 0 Å². The second-order valence-electron chi connectivity index (χ2n) is 8.01. The Morgan fingerprint density at radius 3 is 2.44 bits per heavy atom. The van der Waals surface area contributed by atoms with Crippen molar-refractivity contribution in [3.8, 4) is 11.5 Å². The molecule has 0 aromatic heterocycles. The van der Waals surface area contributed by atoms with Gasteiger partial charge in [0.1, 0.15) is 18.1 Å². The predicted molar refractivity (Wildman–Crippen MR) is 134 cm³/mol. The zero-order valence-corrected chi connectivity index (χ0v) is 19.7. The van der Waals surface area contributed by atoms with Gasteiger partial charge in [0.25, 0.3) is 0 Å². The van der Waals surface area contributed by atoms with E-state index in [1.807, 2.05) is 23.9 Å². The van der Waals surface area contributed by atoms with Crippen molar-refractivity contribution in [3.05, 3.63) is 89.0 Å². The number of nitrogens with zero attached hydrogens (tertiary/aromatic N) is 1.